The van der Waals surface area contributed by atoms with E-state index in [1.165, 1.54) is 7.11 Å². The van der Waals surface area contributed by atoms with Crippen molar-refractivity contribution in [3.8, 4) is 0 Å². The number of nitrogens with zero attached hydrogens (tertiary/aromatic N) is 3. The second-order valence-corrected chi connectivity index (χ2v) is 9.96. The lowest BCUT2D eigenvalue weighted by molar-refractivity contribution is -0.143. The normalized spacial score (nSPS) is 25.0. The number of rotatable bonds is 4. The van der Waals surface area contributed by atoms with Crippen LogP contribution in [0.2, 0.25) is 0 Å². The van der Waals surface area contributed by atoms with Crippen LogP contribution in [0.5, 0.6) is 0 Å². The molecule has 1 aliphatic heterocycles. The molecule has 2 aromatic rings. The average molecular weight is 480 g/mol. The van der Waals surface area contributed by atoms with Gasteiger partial charge in [-0.3, -0.25) is 9.69 Å². The lowest BCUT2D eigenvalue weighted by Gasteiger charge is -2.38. The lowest BCUT2D eigenvalue weighted by atomic mass is 9.84. The van der Waals surface area contributed by atoms with Gasteiger partial charge in [0.05, 0.1) is 18.7 Å². The molecule has 1 saturated carbocycles. The molecule has 0 unspecified atom stereocenters. The van der Waals surface area contributed by atoms with E-state index in [2.05, 4.69) is 4.57 Å². The summed E-state index contributed by atoms with van der Waals surface area (Å²) in [6, 6.07) is 9.48. The zero-order valence-electron chi connectivity index (χ0n) is 20.3. The van der Waals surface area contributed by atoms with Crippen molar-refractivity contribution >= 4 is 17.6 Å². The molecule has 0 saturated heterocycles. The number of imidazole rings is 1. The van der Waals surface area contributed by atoms with Crippen molar-refractivity contribution in [1.29, 1.82) is 0 Å². The molecule has 0 bridgehead atoms. The zero-order chi connectivity index (χ0) is 24.7. The Bertz CT molecular complexity index is 1160. The molecule has 1 amide bonds. The van der Waals surface area contributed by atoms with Gasteiger partial charge in [-0.1, -0.05) is 36.8 Å². The Kier molecular flexibility index (Phi) is 6.40. The molecule has 8 heteroatoms. The molecule has 5 rings (SSSR count). The SMILES string of the molecule is COC(=O)N1C2=C(CC[C@@H]1C)c1nc([C@H](O)c3ccccc3)n([C@@H]3CCC[C@@H](C(=O)O)C3)c1CC2. The molecule has 1 aromatic heterocycles. The van der Waals surface area contributed by atoms with Gasteiger partial charge in [-0.2, -0.15) is 0 Å². The number of hydrogen-bond donors (Lipinski definition) is 2. The number of carbonyl (C=O) groups is 2. The number of aromatic nitrogens is 2. The highest BCUT2D eigenvalue weighted by Gasteiger charge is 2.39. The van der Waals surface area contributed by atoms with Gasteiger partial charge in [-0.25, -0.2) is 9.78 Å². The van der Waals surface area contributed by atoms with E-state index in [1.54, 1.807) is 4.90 Å². The highest BCUT2D eigenvalue weighted by Crippen LogP contribution is 2.45. The number of ether oxygens (including phenoxy) is 1. The summed E-state index contributed by atoms with van der Waals surface area (Å²) in [5, 5.41) is 21.1. The van der Waals surface area contributed by atoms with E-state index in [4.69, 9.17) is 9.72 Å². The van der Waals surface area contributed by atoms with Crippen molar-refractivity contribution in [2.75, 3.05) is 7.11 Å². The summed E-state index contributed by atoms with van der Waals surface area (Å²) in [5.41, 5.74) is 4.64. The first kappa shape index (κ1) is 23.6. The number of allylic oxidation sites excluding steroid dienone is 2. The number of aliphatic hydroxyl groups excluding tert-OH is 1. The second-order valence-electron chi connectivity index (χ2n) is 9.96. The first-order chi connectivity index (χ1) is 16.9. The predicted molar refractivity (Wildman–Crippen MR) is 130 cm³/mol. The number of methoxy groups -OCH3 is 1. The van der Waals surface area contributed by atoms with Gasteiger partial charge in [0.1, 0.15) is 11.9 Å². The molecular formula is C27H33N3O5. The number of amides is 1. The van der Waals surface area contributed by atoms with E-state index < -0.39 is 18.0 Å². The Labute approximate surface area is 205 Å². The summed E-state index contributed by atoms with van der Waals surface area (Å²) < 4.78 is 7.23. The van der Waals surface area contributed by atoms with Crippen LogP contribution in [0, 0.1) is 5.92 Å². The Morgan fingerprint density at radius 1 is 1.11 bits per heavy atom. The average Bonchev–Trinajstić information content (AvgIpc) is 3.28. The van der Waals surface area contributed by atoms with Gasteiger partial charge in [0.15, 0.2) is 0 Å². The Balaban J connectivity index is 1.64. The van der Waals surface area contributed by atoms with Crippen LogP contribution in [0.4, 0.5) is 4.79 Å². The fraction of sp³-hybridized carbons (Fsp3) is 0.519. The van der Waals surface area contributed by atoms with Crippen molar-refractivity contribution in [2.45, 2.75) is 76.5 Å². The van der Waals surface area contributed by atoms with Crippen LogP contribution in [-0.4, -0.2) is 49.9 Å². The van der Waals surface area contributed by atoms with Gasteiger partial charge in [-0.15, -0.1) is 0 Å². The molecule has 1 aromatic carbocycles. The van der Waals surface area contributed by atoms with Crippen LogP contribution in [0.1, 0.15) is 86.8 Å². The van der Waals surface area contributed by atoms with Crippen LogP contribution in [-0.2, 0) is 16.0 Å². The van der Waals surface area contributed by atoms with Crippen molar-refractivity contribution < 1.29 is 24.5 Å². The number of fused-ring (bicyclic) bond motifs is 2. The Morgan fingerprint density at radius 2 is 1.89 bits per heavy atom. The number of carbonyl (C=O) groups excluding carboxylic acids is 1. The maximum atomic E-state index is 12.6. The molecule has 35 heavy (non-hydrogen) atoms. The van der Waals surface area contributed by atoms with Crippen LogP contribution in [0.15, 0.2) is 36.0 Å². The molecule has 1 fully saturated rings. The van der Waals surface area contributed by atoms with Crippen LogP contribution in [0.3, 0.4) is 0 Å². The highest BCUT2D eigenvalue weighted by atomic mass is 16.5. The number of aliphatic hydroxyl groups is 1. The Morgan fingerprint density at radius 3 is 2.60 bits per heavy atom. The molecular weight excluding hydrogens is 446 g/mol. The summed E-state index contributed by atoms with van der Waals surface area (Å²) >= 11 is 0. The van der Waals surface area contributed by atoms with Crippen molar-refractivity contribution in [2.24, 2.45) is 5.92 Å². The van der Waals surface area contributed by atoms with Crippen molar-refractivity contribution in [3.63, 3.8) is 0 Å². The third-order valence-corrected chi connectivity index (χ3v) is 7.91. The van der Waals surface area contributed by atoms with Gasteiger partial charge in [-0.05, 0) is 63.0 Å². The molecule has 2 aliphatic carbocycles. The highest BCUT2D eigenvalue weighted by molar-refractivity contribution is 5.79. The summed E-state index contributed by atoms with van der Waals surface area (Å²) in [5.74, 6) is -0.583. The number of carboxylic acid groups (broad SMARTS) is 1. The van der Waals surface area contributed by atoms with Crippen molar-refractivity contribution in [1.82, 2.24) is 14.5 Å². The van der Waals surface area contributed by atoms with Gasteiger partial charge < -0.3 is 19.5 Å². The fourth-order valence-corrected chi connectivity index (χ4v) is 6.16. The zero-order valence-corrected chi connectivity index (χ0v) is 20.3. The smallest absolute Gasteiger partial charge is 0.413 e. The van der Waals surface area contributed by atoms with E-state index in [9.17, 15) is 19.8 Å². The largest absolute Gasteiger partial charge is 0.481 e. The minimum atomic E-state index is -0.921. The van der Waals surface area contributed by atoms with Crippen molar-refractivity contribution in [3.05, 3.63) is 58.8 Å². The topological polar surface area (TPSA) is 105 Å². The first-order valence-corrected chi connectivity index (χ1v) is 12.6. The maximum absolute atomic E-state index is 12.6. The molecule has 3 aliphatic rings. The third-order valence-electron chi connectivity index (χ3n) is 7.91. The minimum absolute atomic E-state index is 0.0316. The quantitative estimate of drug-likeness (QED) is 0.659. The number of hydrogen-bond acceptors (Lipinski definition) is 5. The van der Waals surface area contributed by atoms with E-state index >= 15 is 0 Å². The van der Waals surface area contributed by atoms with Gasteiger partial charge in [0.25, 0.3) is 0 Å². The number of carboxylic acids is 1. The summed E-state index contributed by atoms with van der Waals surface area (Å²) in [7, 11) is 1.41. The molecule has 2 heterocycles. The fourth-order valence-electron chi connectivity index (χ4n) is 6.16. The molecule has 0 spiro atoms. The Hall–Kier alpha value is -3.13. The second kappa shape index (κ2) is 9.49. The molecule has 4 atom stereocenters. The van der Waals surface area contributed by atoms with E-state index in [0.29, 0.717) is 31.5 Å². The van der Waals surface area contributed by atoms with Crippen LogP contribution in [0.25, 0.3) is 5.57 Å². The molecule has 186 valence electrons. The summed E-state index contributed by atoms with van der Waals surface area (Å²) in [6.07, 6.45) is 4.60. The lowest BCUT2D eigenvalue weighted by Crippen LogP contribution is -2.42. The maximum Gasteiger partial charge on any atom is 0.413 e. The van der Waals surface area contributed by atoms with Gasteiger partial charge >= 0.3 is 12.1 Å². The van der Waals surface area contributed by atoms with E-state index in [-0.39, 0.29) is 18.2 Å². The van der Waals surface area contributed by atoms with Gasteiger partial charge in [0, 0.05) is 23.5 Å². The number of aliphatic carboxylic acids is 1. The van der Waals surface area contributed by atoms with E-state index in [0.717, 1.165) is 53.9 Å². The summed E-state index contributed by atoms with van der Waals surface area (Å²) in [6.45, 7) is 2.04. The van der Waals surface area contributed by atoms with Crippen LogP contribution >= 0.6 is 0 Å². The standard InChI is InChI=1S/C27H33N3O5/c1-16-11-12-20-21(29(16)27(34)35-2)13-14-22-23(20)28-25(24(31)17-7-4-3-5-8-17)30(22)19-10-6-9-18(15-19)26(32)33/h3-5,7-8,16,18-19,24,31H,6,9-15H2,1-2H3,(H,32,33)/t16-,18+,19+,24+/m0/s1. The monoisotopic (exact) mass is 479 g/mol. The number of benzene rings is 1. The van der Waals surface area contributed by atoms with E-state index in [1.807, 2.05) is 37.3 Å². The molecule has 0 radical (unpaired) electrons. The molecule has 8 nitrogen and oxygen atoms in total. The predicted octanol–water partition coefficient (Wildman–Crippen LogP) is 4.69. The van der Waals surface area contributed by atoms with Crippen LogP contribution < -0.4 is 0 Å². The first-order valence-electron chi connectivity index (χ1n) is 12.6. The third kappa shape index (κ3) is 4.14. The van der Waals surface area contributed by atoms with Gasteiger partial charge in [0.2, 0.25) is 0 Å². The minimum Gasteiger partial charge on any atom is -0.481 e. The molecule has 2 N–H and O–H groups in total. The summed E-state index contributed by atoms with van der Waals surface area (Å²) in [4.78, 5) is 31.2.